The Hall–Kier alpha value is -2.95. The number of benzene rings is 2. The minimum absolute atomic E-state index is 0.138. The monoisotopic (exact) mass is 324 g/mol. The Morgan fingerprint density at radius 2 is 1.75 bits per heavy atom. The normalized spacial score (nSPS) is 10.6. The quantitative estimate of drug-likeness (QED) is 0.758. The van der Waals surface area contributed by atoms with E-state index < -0.39 is 0 Å². The molecule has 0 aliphatic heterocycles. The molecule has 0 spiro atoms. The van der Waals surface area contributed by atoms with E-state index in [0.29, 0.717) is 24.4 Å². The molecule has 2 aromatic carbocycles. The van der Waals surface area contributed by atoms with Crippen LogP contribution in [0, 0.1) is 0 Å². The number of hydrogen-bond acceptors (Lipinski definition) is 3. The van der Waals surface area contributed by atoms with Crippen molar-refractivity contribution in [3.8, 4) is 11.5 Å². The Balaban J connectivity index is 1.68. The van der Waals surface area contributed by atoms with E-state index >= 15 is 0 Å². The summed E-state index contributed by atoms with van der Waals surface area (Å²) in [6, 6.07) is 15.2. The lowest BCUT2D eigenvalue weighted by Crippen LogP contribution is -2.27. The van der Waals surface area contributed by atoms with Crippen molar-refractivity contribution in [2.24, 2.45) is 0 Å². The van der Waals surface area contributed by atoms with Gasteiger partial charge in [0.2, 0.25) is 0 Å². The molecule has 5 heteroatoms. The number of carbonyl (C=O) groups is 1. The fourth-order valence-corrected chi connectivity index (χ4v) is 2.79. The van der Waals surface area contributed by atoms with E-state index in [2.05, 4.69) is 9.88 Å². The number of rotatable bonds is 6. The Morgan fingerprint density at radius 1 is 1.00 bits per heavy atom. The summed E-state index contributed by atoms with van der Waals surface area (Å²) in [5, 5.41) is 4.00. The van der Waals surface area contributed by atoms with E-state index in [1.807, 2.05) is 42.6 Å². The first kappa shape index (κ1) is 15.9. The van der Waals surface area contributed by atoms with Crippen molar-refractivity contribution < 1.29 is 14.3 Å². The lowest BCUT2D eigenvalue weighted by atomic mass is 10.2. The summed E-state index contributed by atoms with van der Waals surface area (Å²) in [6.45, 7) is 1.20. The molecule has 0 aliphatic rings. The van der Waals surface area contributed by atoms with Crippen molar-refractivity contribution in [3.05, 3.63) is 60.3 Å². The highest BCUT2D eigenvalue weighted by atomic mass is 16.5. The van der Waals surface area contributed by atoms with Gasteiger partial charge in [0.15, 0.2) is 0 Å². The van der Waals surface area contributed by atoms with Crippen molar-refractivity contribution in [2.45, 2.75) is 6.54 Å². The van der Waals surface area contributed by atoms with Gasteiger partial charge in [0, 0.05) is 24.7 Å². The molecule has 1 aromatic heterocycles. The lowest BCUT2D eigenvalue weighted by Gasteiger charge is -2.10. The van der Waals surface area contributed by atoms with Gasteiger partial charge in [0.25, 0.3) is 5.91 Å². The molecule has 5 nitrogen and oxygen atoms in total. The highest BCUT2D eigenvalue weighted by molar-refractivity contribution is 5.96. The summed E-state index contributed by atoms with van der Waals surface area (Å²) in [4.78, 5) is 12.3. The van der Waals surface area contributed by atoms with Gasteiger partial charge in [-0.15, -0.1) is 0 Å². The van der Waals surface area contributed by atoms with Gasteiger partial charge in [0.1, 0.15) is 11.5 Å². The van der Waals surface area contributed by atoms with Crippen LogP contribution < -0.4 is 14.8 Å². The van der Waals surface area contributed by atoms with Crippen LogP contribution in [0.15, 0.2) is 54.7 Å². The van der Waals surface area contributed by atoms with Crippen molar-refractivity contribution in [3.63, 3.8) is 0 Å². The van der Waals surface area contributed by atoms with Gasteiger partial charge in [-0.1, -0.05) is 18.2 Å². The predicted octanol–water partition coefficient (Wildman–Crippen LogP) is 3.09. The molecule has 0 aliphatic carbocycles. The van der Waals surface area contributed by atoms with E-state index in [4.69, 9.17) is 9.47 Å². The summed E-state index contributed by atoms with van der Waals surface area (Å²) in [6.07, 6.45) is 2.00. The zero-order chi connectivity index (χ0) is 16.9. The van der Waals surface area contributed by atoms with Gasteiger partial charge in [-0.2, -0.15) is 0 Å². The van der Waals surface area contributed by atoms with Gasteiger partial charge in [0.05, 0.1) is 25.3 Å². The fraction of sp³-hybridized carbons (Fsp3) is 0.211. The number of amides is 1. The van der Waals surface area contributed by atoms with Gasteiger partial charge >= 0.3 is 0 Å². The van der Waals surface area contributed by atoms with Crippen molar-refractivity contribution in [2.75, 3.05) is 20.8 Å². The summed E-state index contributed by atoms with van der Waals surface area (Å²) in [7, 11) is 3.23. The minimum atomic E-state index is -0.138. The second kappa shape index (κ2) is 7.08. The highest BCUT2D eigenvalue weighted by Crippen LogP contribution is 2.26. The third-order valence-electron chi connectivity index (χ3n) is 3.98. The van der Waals surface area contributed by atoms with Crippen LogP contribution in [-0.4, -0.2) is 31.2 Å². The summed E-state index contributed by atoms with van der Waals surface area (Å²) < 4.78 is 12.7. The van der Waals surface area contributed by atoms with E-state index in [0.717, 1.165) is 16.7 Å². The molecule has 0 fully saturated rings. The average molecular weight is 324 g/mol. The maximum Gasteiger partial charge on any atom is 0.255 e. The molecule has 1 amide bonds. The molecule has 0 atom stereocenters. The van der Waals surface area contributed by atoms with Crippen LogP contribution in [0.2, 0.25) is 0 Å². The first-order valence-corrected chi connectivity index (χ1v) is 7.77. The largest absolute Gasteiger partial charge is 0.496 e. The maximum absolute atomic E-state index is 12.3. The third kappa shape index (κ3) is 3.06. The molecule has 0 bridgehead atoms. The summed E-state index contributed by atoms with van der Waals surface area (Å²) >= 11 is 0. The molecule has 1 N–H and O–H groups in total. The molecule has 3 rings (SSSR count). The lowest BCUT2D eigenvalue weighted by molar-refractivity contribution is 0.0949. The SMILES string of the molecule is COc1ccccc1C(=O)NCCn1ccc2c(OC)cccc21. The third-order valence-corrected chi connectivity index (χ3v) is 3.98. The zero-order valence-electron chi connectivity index (χ0n) is 13.8. The number of carbonyl (C=O) groups excluding carboxylic acids is 1. The smallest absolute Gasteiger partial charge is 0.255 e. The number of para-hydroxylation sites is 1. The van der Waals surface area contributed by atoms with Crippen molar-refractivity contribution in [1.82, 2.24) is 9.88 Å². The van der Waals surface area contributed by atoms with Crippen LogP contribution in [-0.2, 0) is 6.54 Å². The molecule has 0 radical (unpaired) electrons. The minimum Gasteiger partial charge on any atom is -0.496 e. The summed E-state index contributed by atoms with van der Waals surface area (Å²) in [5.74, 6) is 1.29. The second-order valence-electron chi connectivity index (χ2n) is 5.36. The number of nitrogens with one attached hydrogen (secondary N) is 1. The summed E-state index contributed by atoms with van der Waals surface area (Å²) in [5.41, 5.74) is 1.62. The molecule has 0 saturated carbocycles. The van der Waals surface area contributed by atoms with Crippen LogP contribution in [0.4, 0.5) is 0 Å². The number of ether oxygens (including phenoxy) is 2. The van der Waals surface area contributed by atoms with Crippen LogP contribution in [0.5, 0.6) is 11.5 Å². The Kier molecular flexibility index (Phi) is 4.70. The Morgan fingerprint density at radius 3 is 2.54 bits per heavy atom. The average Bonchev–Trinajstić information content (AvgIpc) is 3.04. The number of fused-ring (bicyclic) bond motifs is 1. The van der Waals surface area contributed by atoms with Crippen LogP contribution >= 0.6 is 0 Å². The number of methoxy groups -OCH3 is 2. The van der Waals surface area contributed by atoms with Gasteiger partial charge < -0.3 is 19.4 Å². The van der Waals surface area contributed by atoms with E-state index in [1.54, 1.807) is 26.4 Å². The van der Waals surface area contributed by atoms with Crippen LogP contribution in [0.3, 0.4) is 0 Å². The fourth-order valence-electron chi connectivity index (χ4n) is 2.79. The zero-order valence-corrected chi connectivity index (χ0v) is 13.8. The van der Waals surface area contributed by atoms with Crippen LogP contribution in [0.25, 0.3) is 10.9 Å². The van der Waals surface area contributed by atoms with Crippen LogP contribution in [0.1, 0.15) is 10.4 Å². The van der Waals surface area contributed by atoms with Gasteiger partial charge in [-0.25, -0.2) is 0 Å². The topological polar surface area (TPSA) is 52.5 Å². The predicted molar refractivity (Wildman–Crippen MR) is 93.8 cm³/mol. The first-order valence-electron chi connectivity index (χ1n) is 7.77. The van der Waals surface area contributed by atoms with Crippen molar-refractivity contribution in [1.29, 1.82) is 0 Å². The van der Waals surface area contributed by atoms with Crippen molar-refractivity contribution >= 4 is 16.8 Å². The Labute approximate surface area is 140 Å². The highest BCUT2D eigenvalue weighted by Gasteiger charge is 2.11. The molecule has 1 heterocycles. The Bertz CT molecular complexity index is 855. The molecule has 24 heavy (non-hydrogen) atoms. The number of nitrogens with zero attached hydrogens (tertiary/aromatic N) is 1. The second-order valence-corrected chi connectivity index (χ2v) is 5.36. The molecule has 3 aromatic rings. The number of hydrogen-bond donors (Lipinski definition) is 1. The van der Waals surface area contributed by atoms with Gasteiger partial charge in [-0.05, 0) is 30.3 Å². The molecule has 0 saturated heterocycles. The van der Waals surface area contributed by atoms with E-state index in [-0.39, 0.29) is 5.91 Å². The van der Waals surface area contributed by atoms with E-state index in [9.17, 15) is 4.79 Å². The molecule has 0 unspecified atom stereocenters. The molecular formula is C19H20N2O3. The maximum atomic E-state index is 12.3. The molecule has 124 valence electrons. The number of aromatic nitrogens is 1. The van der Waals surface area contributed by atoms with E-state index in [1.165, 1.54) is 0 Å². The molecular weight excluding hydrogens is 304 g/mol. The standard InChI is InChI=1S/C19H20N2O3/c1-23-17-9-5-7-16-14(17)10-12-21(16)13-11-20-19(22)15-6-3-4-8-18(15)24-2/h3-10,12H,11,13H2,1-2H3,(H,20,22). The van der Waals surface area contributed by atoms with Gasteiger partial charge in [-0.3, -0.25) is 4.79 Å². The first-order chi connectivity index (χ1) is 11.7.